The van der Waals surface area contributed by atoms with Crippen molar-refractivity contribution in [1.82, 2.24) is 34.9 Å². The van der Waals surface area contributed by atoms with Crippen LogP contribution in [0.3, 0.4) is 0 Å². The summed E-state index contributed by atoms with van der Waals surface area (Å²) in [6.07, 6.45) is 11.3. The number of aromatic nitrogens is 7. The maximum Gasteiger partial charge on any atom is 0.248 e. The molecule has 27 heavy (non-hydrogen) atoms. The zero-order valence-corrected chi connectivity index (χ0v) is 14.8. The number of nitrogens with zero attached hydrogens (tertiary/aromatic N) is 7. The summed E-state index contributed by atoms with van der Waals surface area (Å²) in [6.45, 7) is 0. The Kier molecular flexibility index (Phi) is 5.13. The Morgan fingerprint density at radius 1 is 1.15 bits per heavy atom. The van der Waals surface area contributed by atoms with Gasteiger partial charge in [-0.1, -0.05) is 24.4 Å². The molecule has 1 N–H and O–H groups in total. The van der Waals surface area contributed by atoms with E-state index in [0.717, 1.165) is 12.8 Å². The van der Waals surface area contributed by atoms with Gasteiger partial charge in [0.15, 0.2) is 0 Å². The first-order valence-electron chi connectivity index (χ1n) is 9.09. The molecule has 10 heteroatoms. The molecule has 140 valence electrons. The van der Waals surface area contributed by atoms with Crippen LogP contribution in [0.15, 0.2) is 29.3 Å². The maximum atomic E-state index is 12.1. The minimum atomic E-state index is -0.202. The fraction of sp³-hybridized carbons (Fsp3) is 0.471. The molecule has 0 aromatic carbocycles. The predicted molar refractivity (Wildman–Crippen MR) is 94.4 cm³/mol. The Morgan fingerprint density at radius 2 is 1.96 bits per heavy atom. The molecule has 0 unspecified atom stereocenters. The van der Waals surface area contributed by atoms with Gasteiger partial charge in [-0.15, -0.1) is 5.10 Å². The first-order chi connectivity index (χ1) is 13.3. The number of carbonyl (C=O) groups excluding carboxylic acids is 1. The minimum Gasteiger partial charge on any atom is -0.339 e. The number of amides is 1. The van der Waals surface area contributed by atoms with Gasteiger partial charge in [-0.05, 0) is 18.9 Å². The van der Waals surface area contributed by atoms with Crippen molar-refractivity contribution in [3.63, 3.8) is 0 Å². The van der Waals surface area contributed by atoms with E-state index < -0.39 is 0 Å². The van der Waals surface area contributed by atoms with E-state index in [-0.39, 0.29) is 12.3 Å². The van der Waals surface area contributed by atoms with Gasteiger partial charge in [0.1, 0.15) is 6.33 Å². The SMILES string of the molecule is O=C(CCc1nc(-c2ncccn2)no1)Nc1ncn(C2CCCCC2)n1. The van der Waals surface area contributed by atoms with Gasteiger partial charge in [0.25, 0.3) is 0 Å². The van der Waals surface area contributed by atoms with E-state index >= 15 is 0 Å². The Labute approximate surface area is 155 Å². The van der Waals surface area contributed by atoms with E-state index in [0.29, 0.717) is 36.0 Å². The quantitative estimate of drug-likeness (QED) is 0.702. The molecule has 3 aromatic rings. The fourth-order valence-electron chi connectivity index (χ4n) is 3.12. The van der Waals surface area contributed by atoms with E-state index in [1.807, 2.05) is 4.68 Å². The standard InChI is InChI=1S/C17H20N8O2/c26-13(21-17-20-11-25(23-17)12-5-2-1-3-6-12)7-8-14-22-16(24-27-14)15-18-9-4-10-19-15/h4,9-12H,1-3,5-8H2,(H,21,23,26). The van der Waals surface area contributed by atoms with Crippen LogP contribution in [-0.2, 0) is 11.2 Å². The van der Waals surface area contributed by atoms with Crippen LogP contribution in [-0.4, -0.2) is 40.8 Å². The van der Waals surface area contributed by atoms with E-state index in [9.17, 15) is 4.79 Å². The van der Waals surface area contributed by atoms with E-state index in [1.54, 1.807) is 24.8 Å². The highest BCUT2D eigenvalue weighted by molar-refractivity contribution is 5.88. The number of carbonyl (C=O) groups is 1. The lowest BCUT2D eigenvalue weighted by molar-refractivity contribution is -0.116. The molecule has 0 spiro atoms. The lowest BCUT2D eigenvalue weighted by Gasteiger charge is -2.21. The number of aryl methyl sites for hydroxylation is 1. The third-order valence-electron chi connectivity index (χ3n) is 4.51. The molecule has 3 aromatic heterocycles. The second-order valence-electron chi connectivity index (χ2n) is 6.47. The number of nitrogens with one attached hydrogen (secondary N) is 1. The molecule has 0 aliphatic heterocycles. The Hall–Kier alpha value is -3.17. The van der Waals surface area contributed by atoms with Crippen LogP contribution in [0.25, 0.3) is 11.6 Å². The Morgan fingerprint density at radius 3 is 2.78 bits per heavy atom. The molecule has 1 aliphatic rings. The largest absolute Gasteiger partial charge is 0.339 e. The third kappa shape index (κ3) is 4.33. The number of anilines is 1. The fourth-order valence-corrected chi connectivity index (χ4v) is 3.12. The molecule has 1 aliphatic carbocycles. The normalized spacial score (nSPS) is 15.0. The van der Waals surface area contributed by atoms with Gasteiger partial charge in [-0.25, -0.2) is 19.6 Å². The first-order valence-corrected chi connectivity index (χ1v) is 9.09. The van der Waals surface area contributed by atoms with Crippen molar-refractivity contribution >= 4 is 11.9 Å². The zero-order valence-electron chi connectivity index (χ0n) is 14.8. The second-order valence-corrected chi connectivity index (χ2v) is 6.47. The van der Waals surface area contributed by atoms with Crippen LogP contribution in [0, 0.1) is 0 Å². The molecule has 1 amide bonds. The van der Waals surface area contributed by atoms with Crippen molar-refractivity contribution < 1.29 is 9.32 Å². The van der Waals surface area contributed by atoms with Crippen LogP contribution in [0.2, 0.25) is 0 Å². The molecule has 0 saturated heterocycles. The smallest absolute Gasteiger partial charge is 0.248 e. The van der Waals surface area contributed by atoms with E-state index in [4.69, 9.17) is 4.52 Å². The highest BCUT2D eigenvalue weighted by Crippen LogP contribution is 2.27. The third-order valence-corrected chi connectivity index (χ3v) is 4.51. The molecule has 10 nitrogen and oxygen atoms in total. The second kappa shape index (κ2) is 8.02. The van der Waals surface area contributed by atoms with Crippen molar-refractivity contribution in [3.8, 4) is 11.6 Å². The lowest BCUT2D eigenvalue weighted by Crippen LogP contribution is -2.16. The molecule has 1 fully saturated rings. The van der Waals surface area contributed by atoms with Crippen LogP contribution in [0.4, 0.5) is 5.95 Å². The summed E-state index contributed by atoms with van der Waals surface area (Å²) in [6, 6.07) is 2.09. The zero-order chi connectivity index (χ0) is 18.5. The maximum absolute atomic E-state index is 12.1. The summed E-state index contributed by atoms with van der Waals surface area (Å²) in [5.74, 6) is 1.17. The van der Waals surface area contributed by atoms with Gasteiger partial charge in [-0.2, -0.15) is 4.98 Å². The van der Waals surface area contributed by atoms with Crippen LogP contribution < -0.4 is 5.32 Å². The van der Waals surface area contributed by atoms with Gasteiger partial charge in [-0.3, -0.25) is 10.1 Å². The van der Waals surface area contributed by atoms with Crippen molar-refractivity contribution in [2.75, 3.05) is 5.32 Å². The van der Waals surface area contributed by atoms with Gasteiger partial charge >= 0.3 is 0 Å². The van der Waals surface area contributed by atoms with Crippen molar-refractivity contribution in [1.29, 1.82) is 0 Å². The summed E-state index contributed by atoms with van der Waals surface area (Å²) >= 11 is 0. The summed E-state index contributed by atoms with van der Waals surface area (Å²) < 4.78 is 7.01. The summed E-state index contributed by atoms with van der Waals surface area (Å²) in [5.41, 5.74) is 0. The summed E-state index contributed by atoms with van der Waals surface area (Å²) in [5, 5.41) is 10.9. The molecule has 0 atom stereocenters. The Balaban J connectivity index is 1.29. The Bertz CT molecular complexity index is 885. The topological polar surface area (TPSA) is 125 Å². The van der Waals surface area contributed by atoms with Gasteiger partial charge in [0.2, 0.25) is 29.4 Å². The molecule has 4 rings (SSSR count). The summed E-state index contributed by atoms with van der Waals surface area (Å²) in [4.78, 5) is 28.6. The average Bonchev–Trinajstić information content (AvgIpc) is 3.37. The molecular weight excluding hydrogens is 348 g/mol. The predicted octanol–water partition coefficient (Wildman–Crippen LogP) is 2.19. The molecule has 0 radical (unpaired) electrons. The van der Waals surface area contributed by atoms with Crippen molar-refractivity contribution in [3.05, 3.63) is 30.7 Å². The monoisotopic (exact) mass is 368 g/mol. The lowest BCUT2D eigenvalue weighted by atomic mass is 9.96. The first kappa shape index (κ1) is 17.3. The van der Waals surface area contributed by atoms with Gasteiger partial charge in [0.05, 0.1) is 6.04 Å². The molecule has 1 saturated carbocycles. The number of rotatable bonds is 6. The van der Waals surface area contributed by atoms with Gasteiger partial charge in [0, 0.05) is 25.2 Å². The highest BCUT2D eigenvalue weighted by Gasteiger charge is 2.18. The van der Waals surface area contributed by atoms with Crippen LogP contribution in [0.5, 0.6) is 0 Å². The van der Waals surface area contributed by atoms with Crippen molar-refractivity contribution in [2.45, 2.75) is 51.0 Å². The summed E-state index contributed by atoms with van der Waals surface area (Å²) in [7, 11) is 0. The molecular formula is C17H20N8O2. The number of hydrogen-bond acceptors (Lipinski definition) is 8. The average molecular weight is 368 g/mol. The van der Waals surface area contributed by atoms with Crippen LogP contribution in [0.1, 0.15) is 50.5 Å². The van der Waals surface area contributed by atoms with Crippen molar-refractivity contribution in [2.24, 2.45) is 0 Å². The highest BCUT2D eigenvalue weighted by atomic mass is 16.5. The van der Waals surface area contributed by atoms with E-state index in [2.05, 4.69) is 35.5 Å². The molecule has 3 heterocycles. The van der Waals surface area contributed by atoms with Crippen LogP contribution >= 0.6 is 0 Å². The molecule has 0 bridgehead atoms. The number of hydrogen-bond donors (Lipinski definition) is 1. The van der Waals surface area contributed by atoms with E-state index in [1.165, 1.54) is 19.3 Å². The van der Waals surface area contributed by atoms with Gasteiger partial charge < -0.3 is 4.52 Å². The minimum absolute atomic E-state index is 0.190.